The molecular formula is C24H28N8S. The number of nitrogens with one attached hydrogen (secondary N) is 2. The van der Waals surface area contributed by atoms with E-state index < -0.39 is 0 Å². The Bertz CT molecular complexity index is 1260. The molecule has 8 nitrogen and oxygen atoms in total. The van der Waals surface area contributed by atoms with Crippen molar-refractivity contribution in [2.45, 2.75) is 6.92 Å². The summed E-state index contributed by atoms with van der Waals surface area (Å²) in [5, 5.41) is 8.09. The van der Waals surface area contributed by atoms with E-state index in [2.05, 4.69) is 74.1 Å². The lowest BCUT2D eigenvalue weighted by molar-refractivity contribution is 0.312. The molecule has 2 aromatic heterocycles. The van der Waals surface area contributed by atoms with Crippen LogP contribution in [0.3, 0.4) is 0 Å². The van der Waals surface area contributed by atoms with Crippen LogP contribution in [0.15, 0.2) is 54.9 Å². The summed E-state index contributed by atoms with van der Waals surface area (Å²) in [7, 11) is 2.18. The second-order valence-electron chi connectivity index (χ2n) is 8.30. The third-order valence-electron chi connectivity index (χ3n) is 5.92. The van der Waals surface area contributed by atoms with Crippen LogP contribution in [0.5, 0.6) is 0 Å². The number of piperazine rings is 1. The summed E-state index contributed by atoms with van der Waals surface area (Å²) in [6.07, 6.45) is 5.55. The van der Waals surface area contributed by atoms with Crippen LogP contribution in [0.4, 0.5) is 23.0 Å². The molecule has 0 bridgehead atoms. The summed E-state index contributed by atoms with van der Waals surface area (Å²) in [5.41, 5.74) is 7.16. The molecule has 0 spiro atoms. The molecule has 0 atom stereocenters. The molecule has 0 saturated carbocycles. The lowest BCUT2D eigenvalue weighted by Crippen LogP contribution is -2.44. The van der Waals surface area contributed by atoms with Gasteiger partial charge in [0.15, 0.2) is 5.65 Å². The van der Waals surface area contributed by atoms with E-state index in [1.54, 1.807) is 18.1 Å². The molecule has 0 radical (unpaired) electrons. The first-order valence-electron chi connectivity index (χ1n) is 11.0. The van der Waals surface area contributed by atoms with E-state index >= 15 is 0 Å². The SMILES string of the molecule is CSNc1cccc(-c2cncc3nc(Nc4ccc(N5CCN(C)CC5)c(C)c4)nn23)c1. The standard InChI is InChI=1S/C24H28N8S/c1-17-13-19(7-8-21(17)31-11-9-30(2)10-12-31)26-24-27-23-16-25-15-22(32(23)28-24)18-5-4-6-20(14-18)29-33-3/h4-8,13-16,29H,9-12H2,1-3H3,(H,26,28). The van der Waals surface area contributed by atoms with E-state index in [-0.39, 0.29) is 0 Å². The van der Waals surface area contributed by atoms with Crippen molar-refractivity contribution in [1.82, 2.24) is 24.5 Å². The average molecular weight is 461 g/mol. The maximum Gasteiger partial charge on any atom is 0.247 e. The summed E-state index contributed by atoms with van der Waals surface area (Å²) in [4.78, 5) is 13.9. The van der Waals surface area contributed by atoms with Crippen molar-refractivity contribution in [2.75, 3.05) is 54.4 Å². The van der Waals surface area contributed by atoms with E-state index in [0.717, 1.165) is 48.8 Å². The van der Waals surface area contributed by atoms with Crippen LogP contribution in [0, 0.1) is 6.92 Å². The predicted molar refractivity (Wildman–Crippen MR) is 138 cm³/mol. The van der Waals surface area contributed by atoms with E-state index in [0.29, 0.717) is 11.6 Å². The highest BCUT2D eigenvalue weighted by atomic mass is 32.2. The van der Waals surface area contributed by atoms with E-state index in [1.807, 2.05) is 29.1 Å². The van der Waals surface area contributed by atoms with Crippen molar-refractivity contribution in [3.63, 3.8) is 0 Å². The highest BCUT2D eigenvalue weighted by Gasteiger charge is 2.16. The van der Waals surface area contributed by atoms with E-state index in [1.165, 1.54) is 11.3 Å². The minimum atomic E-state index is 0.550. The first-order chi connectivity index (χ1) is 16.1. The van der Waals surface area contributed by atoms with Gasteiger partial charge < -0.3 is 19.8 Å². The summed E-state index contributed by atoms with van der Waals surface area (Å²) in [6, 6.07) is 14.7. The smallest absolute Gasteiger partial charge is 0.247 e. The number of anilines is 4. The number of hydrogen-bond acceptors (Lipinski definition) is 8. The van der Waals surface area contributed by atoms with Crippen LogP contribution in [-0.2, 0) is 0 Å². The Kier molecular flexibility index (Phi) is 6.06. The lowest BCUT2D eigenvalue weighted by atomic mass is 10.1. The Morgan fingerprint density at radius 1 is 0.970 bits per heavy atom. The van der Waals surface area contributed by atoms with E-state index in [9.17, 15) is 0 Å². The van der Waals surface area contributed by atoms with Crippen LogP contribution in [0.1, 0.15) is 5.56 Å². The first kappa shape index (κ1) is 21.5. The maximum atomic E-state index is 4.72. The molecule has 1 fully saturated rings. The normalized spacial score (nSPS) is 14.6. The fourth-order valence-electron chi connectivity index (χ4n) is 4.19. The molecule has 4 aromatic rings. The van der Waals surface area contributed by atoms with Gasteiger partial charge in [0.05, 0.1) is 18.1 Å². The molecule has 3 heterocycles. The van der Waals surface area contributed by atoms with Crippen LogP contribution in [0.25, 0.3) is 16.9 Å². The molecule has 2 N–H and O–H groups in total. The monoisotopic (exact) mass is 460 g/mol. The average Bonchev–Trinajstić information content (AvgIpc) is 3.23. The van der Waals surface area contributed by atoms with Crippen LogP contribution < -0.4 is 14.9 Å². The van der Waals surface area contributed by atoms with Gasteiger partial charge in [-0.05, 0) is 49.9 Å². The summed E-state index contributed by atoms with van der Waals surface area (Å²) < 4.78 is 5.10. The maximum absolute atomic E-state index is 4.72. The number of benzene rings is 2. The Balaban J connectivity index is 1.40. The van der Waals surface area contributed by atoms with Crippen LogP contribution in [0.2, 0.25) is 0 Å². The van der Waals surface area contributed by atoms with Gasteiger partial charge in [-0.3, -0.25) is 4.98 Å². The van der Waals surface area contributed by atoms with Crippen molar-refractivity contribution in [3.05, 3.63) is 60.4 Å². The zero-order chi connectivity index (χ0) is 22.8. The van der Waals surface area contributed by atoms with Crippen LogP contribution in [-0.4, -0.2) is 64.0 Å². The highest BCUT2D eigenvalue weighted by molar-refractivity contribution is 7.99. The molecule has 1 aliphatic rings. The van der Waals surface area contributed by atoms with Crippen molar-refractivity contribution >= 4 is 40.6 Å². The summed E-state index contributed by atoms with van der Waals surface area (Å²) >= 11 is 1.56. The Hall–Kier alpha value is -3.30. The Morgan fingerprint density at radius 2 is 1.82 bits per heavy atom. The molecule has 170 valence electrons. The van der Waals surface area contributed by atoms with Gasteiger partial charge in [0.1, 0.15) is 0 Å². The molecule has 9 heteroatoms. The number of rotatable bonds is 6. The van der Waals surface area contributed by atoms with Crippen molar-refractivity contribution in [2.24, 2.45) is 0 Å². The fraction of sp³-hybridized carbons (Fsp3) is 0.292. The minimum absolute atomic E-state index is 0.550. The van der Waals surface area contributed by atoms with Gasteiger partial charge in [0.25, 0.3) is 0 Å². The van der Waals surface area contributed by atoms with Gasteiger partial charge in [-0.2, -0.15) is 4.98 Å². The van der Waals surface area contributed by atoms with Gasteiger partial charge in [0.2, 0.25) is 5.95 Å². The van der Waals surface area contributed by atoms with Gasteiger partial charge in [-0.1, -0.05) is 24.1 Å². The van der Waals surface area contributed by atoms with E-state index in [4.69, 9.17) is 5.10 Å². The summed E-state index contributed by atoms with van der Waals surface area (Å²) in [6.45, 7) is 6.46. The van der Waals surface area contributed by atoms with Crippen molar-refractivity contribution in [1.29, 1.82) is 0 Å². The molecule has 0 aliphatic carbocycles. The Labute approximate surface area is 198 Å². The zero-order valence-electron chi connectivity index (χ0n) is 19.1. The van der Waals surface area contributed by atoms with Crippen molar-refractivity contribution in [3.8, 4) is 11.3 Å². The number of aryl methyl sites for hydroxylation is 1. The fourth-order valence-corrected chi connectivity index (χ4v) is 4.55. The first-order valence-corrected chi connectivity index (χ1v) is 12.2. The van der Waals surface area contributed by atoms with Gasteiger partial charge in [-0.15, -0.1) is 5.10 Å². The molecule has 2 aromatic carbocycles. The van der Waals surface area contributed by atoms with Gasteiger partial charge >= 0.3 is 0 Å². The molecule has 5 rings (SSSR count). The number of nitrogens with zero attached hydrogens (tertiary/aromatic N) is 6. The molecule has 1 aliphatic heterocycles. The number of hydrogen-bond donors (Lipinski definition) is 2. The topological polar surface area (TPSA) is 73.6 Å². The molecule has 1 saturated heterocycles. The lowest BCUT2D eigenvalue weighted by Gasteiger charge is -2.35. The number of aromatic nitrogens is 4. The molecular weight excluding hydrogens is 432 g/mol. The van der Waals surface area contributed by atoms with Crippen LogP contribution >= 0.6 is 11.9 Å². The van der Waals surface area contributed by atoms with Gasteiger partial charge in [0, 0.05) is 55.1 Å². The largest absolute Gasteiger partial charge is 0.369 e. The minimum Gasteiger partial charge on any atom is -0.369 e. The highest BCUT2D eigenvalue weighted by Crippen LogP contribution is 2.27. The quantitative estimate of drug-likeness (QED) is 0.413. The summed E-state index contributed by atoms with van der Waals surface area (Å²) in [5.74, 6) is 0.550. The third-order valence-corrected chi connectivity index (χ3v) is 6.36. The second-order valence-corrected chi connectivity index (χ2v) is 8.91. The number of likely N-dealkylation sites (N-methyl/N-ethyl adjacent to an activating group) is 1. The molecule has 0 amide bonds. The molecule has 33 heavy (non-hydrogen) atoms. The second kappa shape index (κ2) is 9.29. The predicted octanol–water partition coefficient (Wildman–Crippen LogP) is 4.29. The van der Waals surface area contributed by atoms with Crippen molar-refractivity contribution < 1.29 is 0 Å². The molecule has 0 unspecified atom stereocenters. The zero-order valence-corrected chi connectivity index (χ0v) is 19.9. The van der Waals surface area contributed by atoms with Gasteiger partial charge in [-0.25, -0.2) is 4.52 Å². The number of fused-ring (bicyclic) bond motifs is 1. The Morgan fingerprint density at radius 3 is 2.61 bits per heavy atom. The third kappa shape index (κ3) is 4.60.